The molecule has 4 fully saturated rings. The van der Waals surface area contributed by atoms with Gasteiger partial charge in [0.2, 0.25) is 0 Å². The van der Waals surface area contributed by atoms with E-state index >= 15 is 0 Å². The number of aliphatic hydroxyl groups excluding tert-OH is 3. The first-order valence-corrected chi connectivity index (χ1v) is 27.3. The molecule has 5 rings (SSSR count). The van der Waals surface area contributed by atoms with E-state index in [0.717, 1.165) is 74.5 Å². The third-order valence-electron chi connectivity index (χ3n) is 16.2. The van der Waals surface area contributed by atoms with Gasteiger partial charge < -0.3 is 29.5 Å². The average molecular weight is 865 g/mol. The lowest BCUT2D eigenvalue weighted by atomic mass is 9.47. The minimum absolute atomic E-state index is 0.138. The van der Waals surface area contributed by atoms with E-state index in [1.165, 1.54) is 120 Å². The summed E-state index contributed by atoms with van der Waals surface area (Å²) in [5, 5.41) is 32.5. The minimum Gasteiger partial charge on any atom is -0.463 e. The first-order chi connectivity index (χ1) is 28.4. The second-order valence-corrected chi connectivity index (χ2v) is 23.6. The van der Waals surface area contributed by atoms with Gasteiger partial charge in [-0.25, -0.2) is 0 Å². The van der Waals surface area contributed by atoms with Crippen LogP contribution in [0.4, 0.5) is 0 Å². The van der Waals surface area contributed by atoms with Crippen molar-refractivity contribution in [3.05, 3.63) is 11.6 Å². The van der Waals surface area contributed by atoms with Crippen LogP contribution < -0.4 is 0 Å². The van der Waals surface area contributed by atoms with Crippen molar-refractivity contribution in [2.45, 2.75) is 232 Å². The Morgan fingerprint density at radius 2 is 1.47 bits per heavy atom. The summed E-state index contributed by atoms with van der Waals surface area (Å²) in [7, 11) is 3.99. The third kappa shape index (κ3) is 13.6. The van der Waals surface area contributed by atoms with Gasteiger partial charge in [-0.3, -0.25) is 4.79 Å². The van der Waals surface area contributed by atoms with Crippen LogP contribution in [0.5, 0.6) is 0 Å². The number of hydrogen-bond acceptors (Lipinski definition) is 9. The van der Waals surface area contributed by atoms with Crippen molar-refractivity contribution < 1.29 is 34.3 Å². The van der Waals surface area contributed by atoms with Gasteiger partial charge >= 0.3 is 5.97 Å². The molecule has 5 aliphatic rings. The van der Waals surface area contributed by atoms with Crippen LogP contribution in [0.3, 0.4) is 0 Å². The standard InChI is InChI=1S/C50H88O7S2/c1-7-58-59-32-19-17-15-13-11-9-8-10-12-14-16-18-23-44(51)55-34-43-45(52)46(53)47(54)48(57-43)56-38-28-30-49(5)37(33-38)24-25-39-41-27-26-40(36(4)22-20-21-35(2)3)50(41,6)31-29-42(39)49/h24,35-36,38-43,45-48,52-54H,7-23,25-34H2,1-6H3/t36-,38+,39+,40-,41+,42+,43-,45+,46+,47-,48-,49+,50-/m1/s1. The van der Waals surface area contributed by atoms with E-state index in [1.54, 1.807) is 0 Å². The van der Waals surface area contributed by atoms with Crippen molar-refractivity contribution in [3.8, 4) is 0 Å². The van der Waals surface area contributed by atoms with Gasteiger partial charge in [0.05, 0.1) is 6.10 Å². The molecule has 0 unspecified atom stereocenters. The summed E-state index contributed by atoms with van der Waals surface area (Å²) in [5.41, 5.74) is 2.14. The number of fused-ring (bicyclic) bond motifs is 5. The maximum atomic E-state index is 12.6. The van der Waals surface area contributed by atoms with Gasteiger partial charge in [-0.1, -0.05) is 158 Å². The Kier molecular flexibility index (Phi) is 20.8. The molecule has 0 radical (unpaired) electrons. The van der Waals surface area contributed by atoms with Gasteiger partial charge in [0.25, 0.3) is 0 Å². The van der Waals surface area contributed by atoms with Crippen molar-refractivity contribution in [2.75, 3.05) is 18.1 Å². The molecule has 0 aromatic carbocycles. The van der Waals surface area contributed by atoms with Crippen LogP contribution in [0.15, 0.2) is 11.6 Å². The van der Waals surface area contributed by atoms with E-state index in [4.69, 9.17) is 14.2 Å². The third-order valence-corrected chi connectivity index (χ3v) is 18.8. The minimum atomic E-state index is -1.44. The SMILES string of the molecule is CCSSCCCCCCCCCCCCCCC(=O)OC[C@H]1O[C@@H](O[C@H]2CC[C@@]3(C)C(=CC[C@H]4[C@@H]5CC[C@H]([C@H](C)CCCC(C)C)[C@@]5(C)CC[C@@H]43)C2)[C@H](O)[C@@H](O)[C@H]1O. The second-order valence-electron chi connectivity index (χ2n) is 20.7. The monoisotopic (exact) mass is 865 g/mol. The highest BCUT2D eigenvalue weighted by Crippen LogP contribution is 2.67. The lowest BCUT2D eigenvalue weighted by Gasteiger charge is -2.58. The Hall–Kier alpha value is -0.290. The predicted molar refractivity (Wildman–Crippen MR) is 246 cm³/mol. The largest absolute Gasteiger partial charge is 0.463 e. The number of allylic oxidation sites excluding steroid dienone is 1. The molecule has 0 amide bonds. The second kappa shape index (κ2) is 24.7. The highest BCUT2D eigenvalue weighted by molar-refractivity contribution is 8.76. The molecule has 9 heteroatoms. The smallest absolute Gasteiger partial charge is 0.305 e. The Bertz CT molecular complexity index is 1260. The highest BCUT2D eigenvalue weighted by atomic mass is 33.1. The van der Waals surface area contributed by atoms with E-state index in [2.05, 4.69) is 47.6 Å². The molecule has 0 aromatic heterocycles. The topological polar surface area (TPSA) is 105 Å². The molecule has 1 aliphatic heterocycles. The summed E-state index contributed by atoms with van der Waals surface area (Å²) in [6.07, 6.45) is 24.8. The van der Waals surface area contributed by atoms with E-state index in [1.807, 2.05) is 21.6 Å². The molecule has 3 N–H and O–H groups in total. The van der Waals surface area contributed by atoms with Crippen molar-refractivity contribution in [1.82, 2.24) is 0 Å². The highest BCUT2D eigenvalue weighted by Gasteiger charge is 2.59. The lowest BCUT2D eigenvalue weighted by Crippen LogP contribution is -2.60. The van der Waals surface area contributed by atoms with Crippen molar-refractivity contribution in [1.29, 1.82) is 0 Å². The quantitative estimate of drug-likeness (QED) is 0.0339. The summed E-state index contributed by atoms with van der Waals surface area (Å²) < 4.78 is 18.0. The van der Waals surface area contributed by atoms with Crippen LogP contribution in [0.2, 0.25) is 0 Å². The van der Waals surface area contributed by atoms with Crippen LogP contribution >= 0.6 is 21.6 Å². The van der Waals surface area contributed by atoms with E-state index in [-0.39, 0.29) is 24.1 Å². The number of esters is 1. The molecule has 0 spiro atoms. The molecule has 0 bridgehead atoms. The van der Waals surface area contributed by atoms with Gasteiger partial charge in [0, 0.05) is 17.9 Å². The summed E-state index contributed by atoms with van der Waals surface area (Å²) >= 11 is 0. The van der Waals surface area contributed by atoms with Gasteiger partial charge in [-0.05, 0) is 111 Å². The molecule has 4 aliphatic carbocycles. The molecule has 1 heterocycles. The zero-order valence-corrected chi connectivity index (χ0v) is 40.0. The Labute approximate surface area is 368 Å². The lowest BCUT2D eigenvalue weighted by molar-refractivity contribution is -0.313. The van der Waals surface area contributed by atoms with Crippen LogP contribution in [-0.2, 0) is 19.0 Å². The number of carbonyl (C=O) groups excluding carboxylic acids is 1. The van der Waals surface area contributed by atoms with E-state index < -0.39 is 30.7 Å². The molecule has 0 aromatic rings. The van der Waals surface area contributed by atoms with Gasteiger partial charge in [-0.2, -0.15) is 0 Å². The Morgan fingerprint density at radius 1 is 0.797 bits per heavy atom. The first-order valence-electron chi connectivity index (χ1n) is 24.8. The van der Waals surface area contributed by atoms with Crippen LogP contribution in [-0.4, -0.2) is 76.2 Å². The van der Waals surface area contributed by atoms with Crippen molar-refractivity contribution in [3.63, 3.8) is 0 Å². The average Bonchev–Trinajstić information content (AvgIpc) is 3.57. The number of ether oxygens (including phenoxy) is 3. The number of unbranched alkanes of at least 4 members (excludes halogenated alkanes) is 11. The molecule has 1 saturated heterocycles. The molecular weight excluding hydrogens is 777 g/mol. The number of carbonyl (C=O) groups is 1. The van der Waals surface area contributed by atoms with Crippen molar-refractivity contribution >= 4 is 27.6 Å². The fourth-order valence-corrected chi connectivity index (χ4v) is 14.5. The molecule has 13 atom stereocenters. The van der Waals surface area contributed by atoms with Crippen LogP contribution in [0, 0.1) is 46.3 Å². The summed E-state index contributed by atoms with van der Waals surface area (Å²) in [4.78, 5) is 12.6. The number of rotatable bonds is 26. The van der Waals surface area contributed by atoms with E-state index in [0.29, 0.717) is 17.8 Å². The van der Waals surface area contributed by atoms with Gasteiger partial charge in [0.1, 0.15) is 31.0 Å². The predicted octanol–water partition coefficient (Wildman–Crippen LogP) is 12.2. The fourth-order valence-electron chi connectivity index (χ4n) is 12.7. The first kappa shape index (κ1) is 49.7. The maximum absolute atomic E-state index is 12.6. The van der Waals surface area contributed by atoms with Crippen LogP contribution in [0.25, 0.3) is 0 Å². The molecule has 342 valence electrons. The molecule has 59 heavy (non-hydrogen) atoms. The van der Waals surface area contributed by atoms with Crippen LogP contribution in [0.1, 0.15) is 196 Å². The fraction of sp³-hybridized carbons (Fsp3) is 0.940. The molecular formula is C50H88O7S2. The molecule has 7 nitrogen and oxygen atoms in total. The number of hydrogen-bond donors (Lipinski definition) is 3. The Morgan fingerprint density at radius 3 is 2.15 bits per heavy atom. The zero-order chi connectivity index (χ0) is 42.4. The zero-order valence-electron chi connectivity index (χ0n) is 38.4. The van der Waals surface area contributed by atoms with Crippen molar-refractivity contribution in [2.24, 2.45) is 46.3 Å². The Balaban J connectivity index is 0.988. The van der Waals surface area contributed by atoms with Gasteiger partial charge in [-0.15, -0.1) is 0 Å². The summed E-state index contributed by atoms with van der Waals surface area (Å²) in [6.45, 7) is 14.5. The molecule has 3 saturated carbocycles. The summed E-state index contributed by atoms with van der Waals surface area (Å²) in [6, 6.07) is 0. The normalized spacial score (nSPS) is 36.1. The van der Waals surface area contributed by atoms with E-state index in [9.17, 15) is 20.1 Å². The summed E-state index contributed by atoms with van der Waals surface area (Å²) in [5.74, 6) is 6.94. The van der Waals surface area contributed by atoms with Gasteiger partial charge in [0.15, 0.2) is 6.29 Å². The maximum Gasteiger partial charge on any atom is 0.305 e. The number of aliphatic hydroxyl groups is 3.